The van der Waals surface area contributed by atoms with Gasteiger partial charge in [-0.3, -0.25) is 13.9 Å². The van der Waals surface area contributed by atoms with Crippen LogP contribution in [0.2, 0.25) is 10.0 Å². The number of hydrogen-bond acceptors (Lipinski definition) is 4. The molecule has 0 aromatic heterocycles. The maximum absolute atomic E-state index is 13.3. The highest BCUT2D eigenvalue weighted by molar-refractivity contribution is 7.92. The standard InChI is InChI=1S/C25H33Cl2N3O4S/c1-17(2)28-25(32)19(4)29(16-20-11-12-22(26)23(27)15-20)24(31)10-7-13-30(35(5,33)34)21-9-6-8-18(3)14-21/h6,8-9,11-12,14-15,17,19H,7,10,13,16H2,1-5H3,(H,28,32). The third-order valence-electron chi connectivity index (χ3n) is 5.38. The molecule has 0 saturated heterocycles. The summed E-state index contributed by atoms with van der Waals surface area (Å²) < 4.78 is 26.1. The first-order valence-corrected chi connectivity index (χ1v) is 14.0. The molecular formula is C25H33Cl2N3O4S. The zero-order valence-electron chi connectivity index (χ0n) is 20.7. The molecule has 0 aliphatic carbocycles. The summed E-state index contributed by atoms with van der Waals surface area (Å²) in [6.45, 7) is 7.56. The lowest BCUT2D eigenvalue weighted by molar-refractivity contribution is -0.140. The Balaban J connectivity index is 2.19. The van der Waals surface area contributed by atoms with Gasteiger partial charge in [0.1, 0.15) is 6.04 Å². The molecular weight excluding hydrogens is 509 g/mol. The van der Waals surface area contributed by atoms with Crippen molar-refractivity contribution < 1.29 is 18.0 Å². The molecule has 0 saturated carbocycles. The molecule has 0 spiro atoms. The van der Waals surface area contributed by atoms with Crippen LogP contribution in [0.3, 0.4) is 0 Å². The molecule has 10 heteroatoms. The molecule has 2 amide bonds. The number of amides is 2. The third kappa shape index (κ3) is 8.70. The van der Waals surface area contributed by atoms with E-state index in [0.717, 1.165) is 17.4 Å². The highest BCUT2D eigenvalue weighted by atomic mass is 35.5. The summed E-state index contributed by atoms with van der Waals surface area (Å²) in [4.78, 5) is 27.5. The van der Waals surface area contributed by atoms with Crippen molar-refractivity contribution in [3.8, 4) is 0 Å². The summed E-state index contributed by atoms with van der Waals surface area (Å²) in [7, 11) is -3.54. The van der Waals surface area contributed by atoms with Crippen molar-refractivity contribution in [2.75, 3.05) is 17.1 Å². The number of carbonyl (C=O) groups is 2. The highest BCUT2D eigenvalue weighted by Crippen LogP contribution is 2.24. The minimum Gasteiger partial charge on any atom is -0.352 e. The molecule has 35 heavy (non-hydrogen) atoms. The molecule has 0 heterocycles. The number of rotatable bonds is 11. The summed E-state index contributed by atoms with van der Waals surface area (Å²) in [6, 6.07) is 11.5. The summed E-state index contributed by atoms with van der Waals surface area (Å²) in [6.07, 6.45) is 1.50. The van der Waals surface area contributed by atoms with E-state index in [4.69, 9.17) is 23.2 Å². The molecule has 0 fully saturated rings. The number of anilines is 1. The lowest BCUT2D eigenvalue weighted by Crippen LogP contribution is -2.49. The molecule has 1 unspecified atom stereocenters. The van der Waals surface area contributed by atoms with E-state index in [9.17, 15) is 18.0 Å². The average Bonchev–Trinajstić information content (AvgIpc) is 2.75. The first-order chi connectivity index (χ1) is 16.3. The molecule has 7 nitrogen and oxygen atoms in total. The number of nitrogens with zero attached hydrogens (tertiary/aromatic N) is 2. The molecule has 0 bridgehead atoms. The molecule has 2 aromatic carbocycles. The van der Waals surface area contributed by atoms with E-state index in [-0.39, 0.29) is 43.8 Å². The first-order valence-electron chi connectivity index (χ1n) is 11.4. The van der Waals surface area contributed by atoms with Gasteiger partial charge in [-0.15, -0.1) is 0 Å². The largest absolute Gasteiger partial charge is 0.352 e. The second-order valence-electron chi connectivity index (χ2n) is 8.89. The van der Waals surface area contributed by atoms with E-state index < -0.39 is 16.1 Å². The normalized spacial score (nSPS) is 12.3. The molecule has 0 aliphatic heterocycles. The second kappa shape index (κ2) is 12.6. The lowest BCUT2D eigenvalue weighted by Gasteiger charge is -2.30. The number of halogens is 2. The van der Waals surface area contributed by atoms with Gasteiger partial charge in [0.25, 0.3) is 0 Å². The van der Waals surface area contributed by atoms with Gasteiger partial charge >= 0.3 is 0 Å². The number of carbonyl (C=O) groups excluding carboxylic acids is 2. The van der Waals surface area contributed by atoms with Gasteiger partial charge in [0.05, 0.1) is 22.0 Å². The fourth-order valence-electron chi connectivity index (χ4n) is 3.61. The van der Waals surface area contributed by atoms with Crippen LogP contribution in [0.25, 0.3) is 0 Å². The monoisotopic (exact) mass is 541 g/mol. The van der Waals surface area contributed by atoms with Gasteiger partial charge in [0.15, 0.2) is 0 Å². The minimum absolute atomic E-state index is 0.0679. The number of sulfonamides is 1. The van der Waals surface area contributed by atoms with Crippen molar-refractivity contribution in [2.24, 2.45) is 0 Å². The predicted molar refractivity (Wildman–Crippen MR) is 142 cm³/mol. The Morgan fingerprint density at radius 1 is 1.03 bits per heavy atom. The van der Waals surface area contributed by atoms with Crippen molar-refractivity contribution in [1.82, 2.24) is 10.2 Å². The van der Waals surface area contributed by atoms with Crippen LogP contribution in [-0.2, 0) is 26.2 Å². The number of hydrogen-bond donors (Lipinski definition) is 1. The molecule has 0 aliphatic rings. The maximum Gasteiger partial charge on any atom is 0.242 e. The van der Waals surface area contributed by atoms with E-state index in [1.807, 2.05) is 26.8 Å². The predicted octanol–water partition coefficient (Wildman–Crippen LogP) is 4.79. The van der Waals surface area contributed by atoms with Gasteiger partial charge in [-0.25, -0.2) is 8.42 Å². The second-order valence-corrected chi connectivity index (χ2v) is 11.6. The lowest BCUT2D eigenvalue weighted by atomic mass is 10.1. The Morgan fingerprint density at radius 3 is 2.29 bits per heavy atom. The molecule has 1 N–H and O–H groups in total. The van der Waals surface area contributed by atoms with Crippen LogP contribution in [0.5, 0.6) is 0 Å². The molecule has 0 radical (unpaired) electrons. The van der Waals surface area contributed by atoms with E-state index >= 15 is 0 Å². The van der Waals surface area contributed by atoms with Crippen molar-refractivity contribution in [1.29, 1.82) is 0 Å². The topological polar surface area (TPSA) is 86.8 Å². The van der Waals surface area contributed by atoms with Gasteiger partial charge in [-0.2, -0.15) is 0 Å². The minimum atomic E-state index is -3.54. The maximum atomic E-state index is 13.3. The summed E-state index contributed by atoms with van der Waals surface area (Å²) in [5.41, 5.74) is 2.22. The zero-order chi connectivity index (χ0) is 26.3. The van der Waals surface area contributed by atoms with Gasteiger partial charge in [-0.1, -0.05) is 41.4 Å². The smallest absolute Gasteiger partial charge is 0.242 e. The number of aryl methyl sites for hydroxylation is 1. The van der Waals surface area contributed by atoms with Crippen LogP contribution in [0, 0.1) is 6.92 Å². The van der Waals surface area contributed by atoms with Crippen LogP contribution in [0.15, 0.2) is 42.5 Å². The van der Waals surface area contributed by atoms with E-state index in [1.54, 1.807) is 43.3 Å². The van der Waals surface area contributed by atoms with Crippen LogP contribution < -0.4 is 9.62 Å². The number of benzene rings is 2. The van der Waals surface area contributed by atoms with Crippen molar-refractivity contribution in [3.63, 3.8) is 0 Å². The van der Waals surface area contributed by atoms with Crippen molar-refractivity contribution in [3.05, 3.63) is 63.6 Å². The van der Waals surface area contributed by atoms with Crippen LogP contribution in [0.4, 0.5) is 5.69 Å². The Hall–Kier alpha value is -2.29. The van der Waals surface area contributed by atoms with Gasteiger partial charge in [-0.05, 0) is 69.5 Å². The molecule has 192 valence electrons. The van der Waals surface area contributed by atoms with Crippen LogP contribution in [0.1, 0.15) is 44.7 Å². The Kier molecular flexibility index (Phi) is 10.4. The third-order valence-corrected chi connectivity index (χ3v) is 7.31. The summed E-state index contributed by atoms with van der Waals surface area (Å²) in [5, 5.41) is 3.60. The molecule has 2 aromatic rings. The molecule has 1 atom stereocenters. The van der Waals surface area contributed by atoms with E-state index in [0.29, 0.717) is 15.7 Å². The number of nitrogens with one attached hydrogen (secondary N) is 1. The molecule has 2 rings (SSSR count). The Labute approximate surface area is 218 Å². The fraction of sp³-hybridized carbons (Fsp3) is 0.440. The van der Waals surface area contributed by atoms with Crippen molar-refractivity contribution >= 4 is 50.7 Å². The quantitative estimate of drug-likeness (QED) is 0.443. The Bertz CT molecular complexity index is 1160. The van der Waals surface area contributed by atoms with Gasteiger partial charge in [0.2, 0.25) is 21.8 Å². The highest BCUT2D eigenvalue weighted by Gasteiger charge is 2.27. The van der Waals surface area contributed by atoms with E-state index in [2.05, 4.69) is 5.32 Å². The van der Waals surface area contributed by atoms with Crippen LogP contribution in [-0.4, -0.2) is 50.0 Å². The fourth-order valence-corrected chi connectivity index (χ4v) is 4.89. The Morgan fingerprint density at radius 2 is 1.71 bits per heavy atom. The zero-order valence-corrected chi connectivity index (χ0v) is 23.0. The summed E-state index contributed by atoms with van der Waals surface area (Å²) in [5.74, 6) is -0.536. The van der Waals surface area contributed by atoms with Gasteiger partial charge < -0.3 is 10.2 Å². The first kappa shape index (κ1) is 28.9. The average molecular weight is 543 g/mol. The van der Waals surface area contributed by atoms with Crippen LogP contribution >= 0.6 is 23.2 Å². The SMILES string of the molecule is Cc1cccc(N(CCCC(=O)N(Cc2ccc(Cl)c(Cl)c2)C(C)C(=O)NC(C)C)S(C)(=O)=O)c1. The van der Waals surface area contributed by atoms with Gasteiger partial charge in [0, 0.05) is 25.6 Å². The van der Waals surface area contributed by atoms with Crippen molar-refractivity contribution in [2.45, 2.75) is 59.2 Å². The van der Waals surface area contributed by atoms with E-state index in [1.165, 1.54) is 9.21 Å². The summed E-state index contributed by atoms with van der Waals surface area (Å²) >= 11 is 12.2.